The number of rotatable bonds is 4. The summed E-state index contributed by atoms with van der Waals surface area (Å²) in [5.41, 5.74) is 4.48. The van der Waals surface area contributed by atoms with E-state index in [9.17, 15) is 0 Å². The lowest BCUT2D eigenvalue weighted by Gasteiger charge is -2.06. The summed E-state index contributed by atoms with van der Waals surface area (Å²) in [6.07, 6.45) is 3.67. The van der Waals surface area contributed by atoms with Gasteiger partial charge in [0, 0.05) is 30.2 Å². The second-order valence-electron chi connectivity index (χ2n) is 5.28. The molecular formula is C19H15N3S. The molecule has 0 fully saturated rings. The van der Waals surface area contributed by atoms with E-state index in [1.807, 2.05) is 18.3 Å². The van der Waals surface area contributed by atoms with Crippen LogP contribution in [0, 0.1) is 0 Å². The number of hydrogen-bond donors (Lipinski definition) is 1. The van der Waals surface area contributed by atoms with Crippen molar-refractivity contribution >= 4 is 27.2 Å². The lowest BCUT2D eigenvalue weighted by molar-refractivity contribution is 1.11. The molecule has 1 N–H and O–H groups in total. The molecule has 4 heteroatoms. The molecule has 0 aliphatic carbocycles. The first-order valence-electron chi connectivity index (χ1n) is 7.47. The number of para-hydroxylation sites is 1. The minimum Gasteiger partial charge on any atom is -0.381 e. The Balaban J connectivity index is 1.51. The molecule has 0 spiro atoms. The largest absolute Gasteiger partial charge is 0.381 e. The Morgan fingerprint density at radius 2 is 1.78 bits per heavy atom. The van der Waals surface area contributed by atoms with Crippen molar-refractivity contribution in [3.8, 4) is 10.6 Å². The van der Waals surface area contributed by atoms with Crippen molar-refractivity contribution in [3.63, 3.8) is 0 Å². The predicted octanol–water partition coefficient (Wildman–Crippen LogP) is 4.97. The molecule has 4 aromatic rings. The Morgan fingerprint density at radius 3 is 2.57 bits per heavy atom. The molecular weight excluding hydrogens is 302 g/mol. The molecule has 0 aliphatic rings. The maximum absolute atomic E-state index is 4.70. The summed E-state index contributed by atoms with van der Waals surface area (Å²) < 4.78 is 1.22. The molecule has 2 aromatic heterocycles. The molecule has 0 unspecified atom stereocenters. The van der Waals surface area contributed by atoms with Crippen molar-refractivity contribution in [2.45, 2.75) is 6.54 Å². The molecule has 23 heavy (non-hydrogen) atoms. The summed E-state index contributed by atoms with van der Waals surface area (Å²) in [4.78, 5) is 8.82. The highest BCUT2D eigenvalue weighted by molar-refractivity contribution is 7.21. The minimum absolute atomic E-state index is 0.772. The zero-order valence-electron chi connectivity index (χ0n) is 12.4. The van der Waals surface area contributed by atoms with Crippen LogP contribution in [0.15, 0.2) is 73.1 Å². The van der Waals surface area contributed by atoms with Crippen LogP contribution < -0.4 is 5.32 Å². The Hall–Kier alpha value is -2.72. The van der Waals surface area contributed by atoms with Gasteiger partial charge in [-0.2, -0.15) is 0 Å². The van der Waals surface area contributed by atoms with Gasteiger partial charge in [0.2, 0.25) is 0 Å². The first-order chi connectivity index (χ1) is 11.4. The van der Waals surface area contributed by atoms with Crippen LogP contribution in [0.4, 0.5) is 5.69 Å². The second-order valence-corrected chi connectivity index (χ2v) is 6.31. The molecule has 3 nitrogen and oxygen atoms in total. The maximum atomic E-state index is 4.70. The zero-order valence-corrected chi connectivity index (χ0v) is 13.3. The van der Waals surface area contributed by atoms with Gasteiger partial charge in [-0.25, -0.2) is 4.98 Å². The highest BCUT2D eigenvalue weighted by atomic mass is 32.1. The molecule has 0 saturated heterocycles. The number of nitrogens with zero attached hydrogens (tertiary/aromatic N) is 2. The van der Waals surface area contributed by atoms with E-state index in [0.29, 0.717) is 0 Å². The third-order valence-corrected chi connectivity index (χ3v) is 4.73. The molecule has 0 amide bonds. The summed E-state index contributed by atoms with van der Waals surface area (Å²) in [5, 5.41) is 4.47. The standard InChI is InChI=1S/C19H15N3S/c1-2-6-18-17(5-1)22-19(23-18)15-7-9-16(10-8-15)21-13-14-4-3-11-20-12-14/h1-12,21H,13H2. The number of thiazole rings is 1. The van der Waals surface area contributed by atoms with Crippen LogP contribution in [0.3, 0.4) is 0 Å². The fourth-order valence-electron chi connectivity index (χ4n) is 2.43. The van der Waals surface area contributed by atoms with Crippen LogP contribution in [0.5, 0.6) is 0 Å². The summed E-state index contributed by atoms with van der Waals surface area (Å²) in [6.45, 7) is 0.772. The van der Waals surface area contributed by atoms with E-state index in [2.05, 4.69) is 58.8 Å². The van der Waals surface area contributed by atoms with E-state index in [1.165, 1.54) is 10.3 Å². The molecule has 0 saturated carbocycles. The summed E-state index contributed by atoms with van der Waals surface area (Å²) in [6, 6.07) is 20.7. The van der Waals surface area contributed by atoms with Crippen molar-refractivity contribution in [2.24, 2.45) is 0 Å². The molecule has 112 valence electrons. The van der Waals surface area contributed by atoms with E-state index in [1.54, 1.807) is 17.5 Å². The van der Waals surface area contributed by atoms with E-state index >= 15 is 0 Å². The topological polar surface area (TPSA) is 37.8 Å². The van der Waals surface area contributed by atoms with Crippen LogP contribution in [0.2, 0.25) is 0 Å². The van der Waals surface area contributed by atoms with Gasteiger partial charge in [0.05, 0.1) is 10.2 Å². The Labute approximate surface area is 138 Å². The van der Waals surface area contributed by atoms with Gasteiger partial charge in [0.25, 0.3) is 0 Å². The molecule has 4 rings (SSSR count). The van der Waals surface area contributed by atoms with Gasteiger partial charge in [-0.3, -0.25) is 4.98 Å². The first-order valence-corrected chi connectivity index (χ1v) is 8.29. The number of anilines is 1. The van der Waals surface area contributed by atoms with Gasteiger partial charge in [-0.1, -0.05) is 18.2 Å². The van der Waals surface area contributed by atoms with Crippen LogP contribution in [-0.2, 0) is 6.54 Å². The molecule has 0 atom stereocenters. The predicted molar refractivity (Wildman–Crippen MR) is 96.6 cm³/mol. The number of nitrogens with one attached hydrogen (secondary N) is 1. The smallest absolute Gasteiger partial charge is 0.124 e. The zero-order chi connectivity index (χ0) is 15.5. The van der Waals surface area contributed by atoms with Gasteiger partial charge in [-0.15, -0.1) is 11.3 Å². The Kier molecular flexibility index (Phi) is 3.74. The molecule has 2 heterocycles. The highest BCUT2D eigenvalue weighted by Crippen LogP contribution is 2.30. The third kappa shape index (κ3) is 3.07. The van der Waals surface area contributed by atoms with Crippen molar-refractivity contribution in [1.29, 1.82) is 0 Å². The van der Waals surface area contributed by atoms with Crippen LogP contribution >= 0.6 is 11.3 Å². The third-order valence-electron chi connectivity index (χ3n) is 3.65. The summed E-state index contributed by atoms with van der Waals surface area (Å²) >= 11 is 1.73. The van der Waals surface area contributed by atoms with Gasteiger partial charge in [0.1, 0.15) is 5.01 Å². The van der Waals surface area contributed by atoms with Gasteiger partial charge >= 0.3 is 0 Å². The van der Waals surface area contributed by atoms with Gasteiger partial charge in [-0.05, 0) is 48.0 Å². The van der Waals surface area contributed by atoms with E-state index in [4.69, 9.17) is 4.98 Å². The average molecular weight is 317 g/mol. The summed E-state index contributed by atoms with van der Waals surface area (Å²) in [5.74, 6) is 0. The fraction of sp³-hybridized carbons (Fsp3) is 0.0526. The number of hydrogen-bond acceptors (Lipinski definition) is 4. The lowest BCUT2D eigenvalue weighted by Crippen LogP contribution is -1.99. The Bertz CT molecular complexity index is 881. The van der Waals surface area contributed by atoms with E-state index in [-0.39, 0.29) is 0 Å². The number of pyridine rings is 1. The van der Waals surface area contributed by atoms with Crippen molar-refractivity contribution < 1.29 is 0 Å². The van der Waals surface area contributed by atoms with E-state index < -0.39 is 0 Å². The van der Waals surface area contributed by atoms with Gasteiger partial charge in [0.15, 0.2) is 0 Å². The quantitative estimate of drug-likeness (QED) is 0.577. The molecule has 0 bridgehead atoms. The monoisotopic (exact) mass is 317 g/mol. The number of aromatic nitrogens is 2. The maximum Gasteiger partial charge on any atom is 0.124 e. The number of benzene rings is 2. The van der Waals surface area contributed by atoms with Gasteiger partial charge < -0.3 is 5.32 Å². The summed E-state index contributed by atoms with van der Waals surface area (Å²) in [7, 11) is 0. The van der Waals surface area contributed by atoms with Crippen LogP contribution in [0.1, 0.15) is 5.56 Å². The SMILES string of the molecule is c1cncc(CNc2ccc(-c3nc4ccccc4s3)cc2)c1. The average Bonchev–Trinajstić information content (AvgIpc) is 3.05. The normalized spacial score (nSPS) is 10.8. The van der Waals surface area contributed by atoms with Crippen molar-refractivity contribution in [3.05, 3.63) is 78.6 Å². The van der Waals surface area contributed by atoms with Crippen molar-refractivity contribution in [2.75, 3.05) is 5.32 Å². The minimum atomic E-state index is 0.772. The second kappa shape index (κ2) is 6.18. The molecule has 0 aliphatic heterocycles. The van der Waals surface area contributed by atoms with E-state index in [0.717, 1.165) is 28.3 Å². The first kappa shape index (κ1) is 13.9. The lowest BCUT2D eigenvalue weighted by atomic mass is 10.2. The van der Waals surface area contributed by atoms with Crippen LogP contribution in [0.25, 0.3) is 20.8 Å². The fourth-order valence-corrected chi connectivity index (χ4v) is 3.40. The Morgan fingerprint density at radius 1 is 0.913 bits per heavy atom. The van der Waals surface area contributed by atoms with Crippen LogP contribution in [-0.4, -0.2) is 9.97 Å². The van der Waals surface area contributed by atoms with Crippen molar-refractivity contribution in [1.82, 2.24) is 9.97 Å². The molecule has 0 radical (unpaired) electrons. The number of fused-ring (bicyclic) bond motifs is 1. The highest BCUT2D eigenvalue weighted by Gasteiger charge is 2.05. The molecule has 2 aromatic carbocycles.